The van der Waals surface area contributed by atoms with Crippen molar-refractivity contribution in [1.29, 1.82) is 0 Å². The van der Waals surface area contributed by atoms with Crippen molar-refractivity contribution in [2.75, 3.05) is 6.61 Å². The summed E-state index contributed by atoms with van der Waals surface area (Å²) in [6, 6.07) is 4.58. The van der Waals surface area contributed by atoms with Gasteiger partial charge >= 0.3 is 0 Å². The molecule has 116 valence electrons. The lowest BCUT2D eigenvalue weighted by atomic mass is 9.81. The molecule has 1 heterocycles. The molecule has 0 aliphatic carbocycles. The van der Waals surface area contributed by atoms with Gasteiger partial charge in [0.05, 0.1) is 5.56 Å². The first-order valence-corrected chi connectivity index (χ1v) is 7.12. The molecule has 1 aromatic heterocycles. The van der Waals surface area contributed by atoms with Gasteiger partial charge in [0, 0.05) is 23.8 Å². The molecule has 6 heteroatoms. The van der Waals surface area contributed by atoms with Crippen molar-refractivity contribution in [2.24, 2.45) is 0 Å². The smallest absolute Gasteiger partial charge is 0.191 e. The van der Waals surface area contributed by atoms with Crippen LogP contribution in [0.3, 0.4) is 0 Å². The summed E-state index contributed by atoms with van der Waals surface area (Å²) < 4.78 is 14.1. The van der Waals surface area contributed by atoms with Gasteiger partial charge < -0.3 is 5.11 Å². The molecule has 2 aromatic rings. The first-order valence-electron chi connectivity index (χ1n) is 6.74. The Kier molecular flexibility index (Phi) is 4.88. The van der Waals surface area contributed by atoms with Crippen LogP contribution in [-0.2, 0) is 11.8 Å². The van der Waals surface area contributed by atoms with Crippen molar-refractivity contribution in [2.45, 2.75) is 25.7 Å². The molecule has 0 radical (unpaired) electrons. The number of nitrogens with zero attached hydrogens (tertiary/aromatic N) is 2. The minimum atomic E-state index is -0.579. The summed E-state index contributed by atoms with van der Waals surface area (Å²) in [5.41, 5.74) is 0.245. The van der Waals surface area contributed by atoms with E-state index in [9.17, 15) is 9.18 Å². The average molecular weight is 323 g/mol. The first kappa shape index (κ1) is 16.5. The number of ketones is 1. The third kappa shape index (κ3) is 3.67. The maximum absolute atomic E-state index is 14.1. The van der Waals surface area contributed by atoms with Gasteiger partial charge in [-0.05, 0) is 23.1 Å². The van der Waals surface area contributed by atoms with E-state index in [1.165, 1.54) is 18.5 Å². The number of halogens is 2. The second-order valence-corrected chi connectivity index (χ2v) is 6.09. The summed E-state index contributed by atoms with van der Waals surface area (Å²) in [6.07, 6.45) is 3.14. The van der Waals surface area contributed by atoms with Crippen LogP contribution in [0, 0.1) is 5.82 Å². The van der Waals surface area contributed by atoms with Crippen LogP contribution in [0.15, 0.2) is 30.6 Å². The Hall–Kier alpha value is -1.85. The standard InChI is InChI=1S/C16H16ClFN2O2/c1-16(2,12-4-3-11(17)5-13(12)18)6-15-19-7-10(8-20-15)14(22)9-21/h3-5,7-8,21H,6,9H2,1-2H3. The summed E-state index contributed by atoms with van der Waals surface area (Å²) in [4.78, 5) is 19.5. The lowest BCUT2D eigenvalue weighted by Gasteiger charge is -2.25. The fourth-order valence-electron chi connectivity index (χ4n) is 2.21. The van der Waals surface area contributed by atoms with Crippen molar-refractivity contribution in [3.63, 3.8) is 0 Å². The van der Waals surface area contributed by atoms with Crippen LogP contribution < -0.4 is 0 Å². The van der Waals surface area contributed by atoms with Gasteiger partial charge in [0.15, 0.2) is 5.78 Å². The third-order valence-corrected chi connectivity index (χ3v) is 3.67. The third-order valence-electron chi connectivity index (χ3n) is 3.43. The zero-order valence-corrected chi connectivity index (χ0v) is 13.1. The van der Waals surface area contributed by atoms with Crippen LogP contribution in [0.1, 0.15) is 35.6 Å². The molecular weight excluding hydrogens is 307 g/mol. The van der Waals surface area contributed by atoms with E-state index in [1.54, 1.807) is 12.1 Å². The predicted molar refractivity (Wildman–Crippen MR) is 81.6 cm³/mol. The van der Waals surface area contributed by atoms with E-state index in [0.717, 1.165) is 0 Å². The topological polar surface area (TPSA) is 63.1 Å². The van der Waals surface area contributed by atoms with Crippen LogP contribution in [0.4, 0.5) is 4.39 Å². The molecule has 0 aliphatic rings. The molecule has 22 heavy (non-hydrogen) atoms. The second-order valence-electron chi connectivity index (χ2n) is 5.65. The van der Waals surface area contributed by atoms with Gasteiger partial charge in [-0.25, -0.2) is 14.4 Å². The fourth-order valence-corrected chi connectivity index (χ4v) is 2.37. The Morgan fingerprint density at radius 3 is 2.50 bits per heavy atom. The quantitative estimate of drug-likeness (QED) is 0.860. The van der Waals surface area contributed by atoms with Crippen molar-refractivity contribution in [3.05, 3.63) is 58.4 Å². The van der Waals surface area contributed by atoms with Crippen molar-refractivity contribution >= 4 is 17.4 Å². The minimum absolute atomic E-state index is 0.252. The highest BCUT2D eigenvalue weighted by Gasteiger charge is 2.26. The Morgan fingerprint density at radius 2 is 1.95 bits per heavy atom. The van der Waals surface area contributed by atoms with Crippen LogP contribution in [-0.4, -0.2) is 27.5 Å². The number of Topliss-reactive ketones (excluding diaryl/α,β-unsaturated/α-hetero) is 1. The first-order chi connectivity index (χ1) is 10.3. The van der Waals surface area contributed by atoms with Crippen LogP contribution in [0.5, 0.6) is 0 Å². The molecule has 2 rings (SSSR count). The van der Waals surface area contributed by atoms with Gasteiger partial charge in [0.25, 0.3) is 0 Å². The van der Waals surface area contributed by atoms with Gasteiger partial charge in [0.1, 0.15) is 18.2 Å². The maximum atomic E-state index is 14.1. The number of hydrogen-bond acceptors (Lipinski definition) is 4. The molecule has 0 fully saturated rings. The normalized spacial score (nSPS) is 11.5. The number of carbonyl (C=O) groups excluding carboxylic acids is 1. The van der Waals surface area contributed by atoms with E-state index in [-0.39, 0.29) is 11.4 Å². The van der Waals surface area contributed by atoms with Crippen LogP contribution >= 0.6 is 11.6 Å². The van der Waals surface area contributed by atoms with E-state index in [4.69, 9.17) is 16.7 Å². The number of aliphatic hydroxyl groups is 1. The maximum Gasteiger partial charge on any atom is 0.191 e. The van der Waals surface area contributed by atoms with Crippen molar-refractivity contribution in [1.82, 2.24) is 9.97 Å². The summed E-state index contributed by atoms with van der Waals surface area (Å²) in [5, 5.41) is 9.14. The van der Waals surface area contributed by atoms with E-state index < -0.39 is 17.8 Å². The summed E-state index contributed by atoms with van der Waals surface area (Å²) >= 11 is 5.77. The lowest BCUT2D eigenvalue weighted by molar-refractivity contribution is 0.0903. The van der Waals surface area contributed by atoms with E-state index in [0.29, 0.717) is 22.8 Å². The average Bonchev–Trinajstić information content (AvgIpc) is 2.46. The van der Waals surface area contributed by atoms with Crippen LogP contribution in [0.25, 0.3) is 0 Å². The Bertz CT molecular complexity index is 687. The molecule has 0 amide bonds. The predicted octanol–water partition coefficient (Wildman–Crippen LogP) is 2.96. The molecule has 4 nitrogen and oxygen atoms in total. The van der Waals surface area contributed by atoms with E-state index in [2.05, 4.69) is 9.97 Å². The van der Waals surface area contributed by atoms with E-state index >= 15 is 0 Å². The molecule has 1 aromatic carbocycles. The largest absolute Gasteiger partial charge is 0.388 e. The lowest BCUT2D eigenvalue weighted by Crippen LogP contribution is -2.23. The van der Waals surface area contributed by atoms with Crippen molar-refractivity contribution < 1.29 is 14.3 Å². The zero-order valence-electron chi connectivity index (χ0n) is 12.3. The number of aliphatic hydroxyl groups excluding tert-OH is 1. The zero-order chi connectivity index (χ0) is 16.3. The van der Waals surface area contributed by atoms with E-state index in [1.807, 2.05) is 13.8 Å². The Labute approximate surface area is 133 Å². The molecule has 0 bridgehead atoms. The molecule has 0 aliphatic heterocycles. The Morgan fingerprint density at radius 1 is 1.32 bits per heavy atom. The summed E-state index contributed by atoms with van der Waals surface area (Å²) in [7, 11) is 0. The highest BCUT2D eigenvalue weighted by Crippen LogP contribution is 2.30. The van der Waals surface area contributed by atoms with Crippen LogP contribution in [0.2, 0.25) is 5.02 Å². The highest BCUT2D eigenvalue weighted by molar-refractivity contribution is 6.30. The number of rotatable bonds is 5. The number of aromatic nitrogens is 2. The molecule has 0 saturated carbocycles. The second kappa shape index (κ2) is 6.50. The number of carbonyl (C=O) groups is 1. The molecule has 0 atom stereocenters. The van der Waals surface area contributed by atoms with Gasteiger partial charge in [-0.15, -0.1) is 0 Å². The minimum Gasteiger partial charge on any atom is -0.388 e. The number of benzene rings is 1. The Balaban J connectivity index is 2.22. The molecular formula is C16H16ClFN2O2. The van der Waals surface area contributed by atoms with Gasteiger partial charge in [-0.3, -0.25) is 4.79 Å². The van der Waals surface area contributed by atoms with Gasteiger partial charge in [-0.2, -0.15) is 0 Å². The number of hydrogen-bond donors (Lipinski definition) is 1. The monoisotopic (exact) mass is 322 g/mol. The molecule has 0 spiro atoms. The summed E-state index contributed by atoms with van der Waals surface area (Å²) in [5.74, 6) is -0.312. The molecule has 0 unspecified atom stereocenters. The molecule has 0 saturated heterocycles. The fraction of sp³-hybridized carbons (Fsp3) is 0.312. The molecule has 1 N–H and O–H groups in total. The highest BCUT2D eigenvalue weighted by atomic mass is 35.5. The van der Waals surface area contributed by atoms with Gasteiger partial charge in [-0.1, -0.05) is 31.5 Å². The SMILES string of the molecule is CC(C)(Cc1ncc(C(=O)CO)cn1)c1ccc(Cl)cc1F. The van der Waals surface area contributed by atoms with Crippen molar-refractivity contribution in [3.8, 4) is 0 Å². The van der Waals surface area contributed by atoms with Gasteiger partial charge in [0.2, 0.25) is 0 Å². The summed E-state index contributed by atoms with van der Waals surface area (Å²) in [6.45, 7) is 3.19.